The fourth-order valence-corrected chi connectivity index (χ4v) is 3.57. The van der Waals surface area contributed by atoms with Crippen molar-refractivity contribution in [1.82, 2.24) is 4.90 Å². The monoisotopic (exact) mass is 290 g/mol. The molecule has 2 unspecified atom stereocenters. The van der Waals surface area contributed by atoms with Crippen LogP contribution >= 0.6 is 0 Å². The second-order valence-corrected chi connectivity index (χ2v) is 6.06. The number of imide groups is 1. The van der Waals surface area contributed by atoms with Gasteiger partial charge in [-0.25, -0.2) is 4.39 Å². The Morgan fingerprint density at radius 1 is 1.24 bits per heavy atom. The van der Waals surface area contributed by atoms with Gasteiger partial charge in [-0.1, -0.05) is 13.3 Å². The number of carbonyl (C=O) groups is 2. The fourth-order valence-electron chi connectivity index (χ4n) is 3.57. The van der Waals surface area contributed by atoms with Crippen LogP contribution in [0.5, 0.6) is 0 Å². The van der Waals surface area contributed by atoms with E-state index in [2.05, 4.69) is 6.92 Å². The van der Waals surface area contributed by atoms with Gasteiger partial charge in [0.2, 0.25) is 11.8 Å². The lowest BCUT2D eigenvalue weighted by molar-refractivity contribution is -0.141. The number of nitrogens with zero attached hydrogens (tertiary/aromatic N) is 1. The van der Waals surface area contributed by atoms with Gasteiger partial charge in [0, 0.05) is 5.69 Å². The van der Waals surface area contributed by atoms with Crippen LogP contribution < -0.4 is 5.73 Å². The zero-order chi connectivity index (χ0) is 15.1. The van der Waals surface area contributed by atoms with E-state index in [4.69, 9.17) is 5.73 Å². The van der Waals surface area contributed by atoms with E-state index in [0.29, 0.717) is 17.2 Å². The summed E-state index contributed by atoms with van der Waals surface area (Å²) in [6, 6.07) is 4.02. The Kier molecular flexibility index (Phi) is 3.43. The van der Waals surface area contributed by atoms with Gasteiger partial charge in [-0.15, -0.1) is 0 Å². The second-order valence-electron chi connectivity index (χ2n) is 6.06. The van der Waals surface area contributed by atoms with Crippen molar-refractivity contribution in [1.29, 1.82) is 0 Å². The molecule has 2 aliphatic rings. The lowest BCUT2D eigenvalue weighted by Crippen LogP contribution is -2.32. The fraction of sp³-hybridized carbons (Fsp3) is 0.500. The lowest BCUT2D eigenvalue weighted by Gasteiger charge is -2.18. The van der Waals surface area contributed by atoms with Crippen LogP contribution in [-0.2, 0) is 16.1 Å². The highest BCUT2D eigenvalue weighted by Gasteiger charge is 2.52. The van der Waals surface area contributed by atoms with Crippen LogP contribution in [-0.4, -0.2) is 16.7 Å². The summed E-state index contributed by atoms with van der Waals surface area (Å²) < 4.78 is 13.3. The number of nitrogens with two attached hydrogens (primary N) is 1. The number of amides is 2. The van der Waals surface area contributed by atoms with Crippen molar-refractivity contribution in [3.63, 3.8) is 0 Å². The summed E-state index contributed by atoms with van der Waals surface area (Å²) in [5.74, 6) is -0.553. The molecule has 0 bridgehead atoms. The van der Waals surface area contributed by atoms with E-state index in [1.165, 1.54) is 23.1 Å². The molecule has 1 aliphatic heterocycles. The van der Waals surface area contributed by atoms with Crippen molar-refractivity contribution in [3.05, 3.63) is 29.6 Å². The number of nitrogen functional groups attached to an aromatic ring is 1. The normalized spacial score (nSPS) is 28.3. The largest absolute Gasteiger partial charge is 0.398 e. The lowest BCUT2D eigenvalue weighted by atomic mass is 10.00. The Hall–Kier alpha value is -1.91. The van der Waals surface area contributed by atoms with Gasteiger partial charge in [0.25, 0.3) is 0 Å². The smallest absolute Gasteiger partial charge is 0.233 e. The van der Waals surface area contributed by atoms with Gasteiger partial charge in [0.05, 0.1) is 18.4 Å². The molecule has 2 amide bonds. The van der Waals surface area contributed by atoms with Crippen LogP contribution in [0.25, 0.3) is 0 Å². The summed E-state index contributed by atoms with van der Waals surface area (Å²) in [4.78, 5) is 26.1. The van der Waals surface area contributed by atoms with Gasteiger partial charge < -0.3 is 5.73 Å². The first kappa shape index (κ1) is 14.0. The summed E-state index contributed by atoms with van der Waals surface area (Å²) in [6.45, 7) is 2.16. The SMILES string of the molecule is CCC1CC2C(=O)N(Cc3cc(F)ccc3N)C(=O)C2C1. The Labute approximate surface area is 123 Å². The molecule has 1 saturated carbocycles. The zero-order valence-corrected chi connectivity index (χ0v) is 12.0. The molecule has 1 aromatic rings. The van der Waals surface area contributed by atoms with E-state index >= 15 is 0 Å². The van der Waals surface area contributed by atoms with Gasteiger partial charge in [0.1, 0.15) is 5.82 Å². The van der Waals surface area contributed by atoms with E-state index in [0.717, 1.165) is 19.3 Å². The van der Waals surface area contributed by atoms with Crippen molar-refractivity contribution in [3.8, 4) is 0 Å². The number of hydrogen-bond donors (Lipinski definition) is 1. The summed E-state index contributed by atoms with van der Waals surface area (Å²) in [7, 11) is 0. The number of hydrogen-bond acceptors (Lipinski definition) is 3. The molecule has 2 N–H and O–H groups in total. The minimum atomic E-state index is -0.412. The van der Waals surface area contributed by atoms with Gasteiger partial charge in [-0.05, 0) is 42.5 Å². The molecular weight excluding hydrogens is 271 g/mol. The number of benzene rings is 1. The average molecular weight is 290 g/mol. The molecule has 0 radical (unpaired) electrons. The molecular formula is C16H19FN2O2. The van der Waals surface area contributed by atoms with E-state index in [1.807, 2.05) is 0 Å². The summed E-state index contributed by atoms with van der Waals surface area (Å²) in [6.07, 6.45) is 2.59. The molecule has 1 aliphatic carbocycles. The van der Waals surface area contributed by atoms with Crippen LogP contribution in [0.2, 0.25) is 0 Å². The number of carbonyl (C=O) groups excluding carboxylic acids is 2. The van der Waals surface area contributed by atoms with Gasteiger partial charge in [-0.3, -0.25) is 14.5 Å². The summed E-state index contributed by atoms with van der Waals surface area (Å²) >= 11 is 0. The Bertz CT molecular complexity index is 578. The van der Waals surface area contributed by atoms with Gasteiger partial charge in [0.15, 0.2) is 0 Å². The van der Waals surface area contributed by atoms with E-state index in [-0.39, 0.29) is 30.2 Å². The molecule has 0 spiro atoms. The first-order chi connectivity index (χ1) is 10.0. The Morgan fingerprint density at radius 3 is 2.43 bits per heavy atom. The van der Waals surface area contributed by atoms with Crippen LogP contribution in [0.4, 0.5) is 10.1 Å². The average Bonchev–Trinajstić information content (AvgIpc) is 2.98. The standard InChI is InChI=1S/C16H19FN2O2/c1-2-9-5-12-13(6-9)16(21)19(15(12)20)8-10-7-11(17)3-4-14(10)18/h3-4,7,9,12-13H,2,5-6,8,18H2,1H3. The highest BCUT2D eigenvalue weighted by atomic mass is 19.1. The third-order valence-electron chi connectivity index (χ3n) is 4.84. The number of rotatable bonds is 3. The third kappa shape index (κ3) is 2.30. The van der Waals surface area contributed by atoms with Crippen molar-refractivity contribution in [2.24, 2.45) is 17.8 Å². The number of likely N-dealkylation sites (tertiary alicyclic amines) is 1. The molecule has 3 rings (SSSR count). The molecule has 2 fully saturated rings. The maximum Gasteiger partial charge on any atom is 0.233 e. The molecule has 2 atom stereocenters. The molecule has 0 aromatic heterocycles. The quantitative estimate of drug-likeness (QED) is 0.686. The maximum absolute atomic E-state index is 13.3. The van der Waals surface area contributed by atoms with E-state index in [9.17, 15) is 14.0 Å². The maximum atomic E-state index is 13.3. The van der Waals surface area contributed by atoms with Crippen molar-refractivity contribution in [2.75, 3.05) is 5.73 Å². The number of fused-ring (bicyclic) bond motifs is 1. The predicted molar refractivity (Wildman–Crippen MR) is 76.4 cm³/mol. The third-order valence-corrected chi connectivity index (χ3v) is 4.84. The summed E-state index contributed by atoms with van der Waals surface area (Å²) in [5, 5.41) is 0. The van der Waals surface area contributed by atoms with Crippen LogP contribution in [0.15, 0.2) is 18.2 Å². The number of halogens is 1. The second kappa shape index (κ2) is 5.13. The zero-order valence-electron chi connectivity index (χ0n) is 12.0. The van der Waals surface area contributed by atoms with Crippen LogP contribution in [0.1, 0.15) is 31.7 Å². The van der Waals surface area contributed by atoms with Crippen LogP contribution in [0.3, 0.4) is 0 Å². The minimum Gasteiger partial charge on any atom is -0.398 e. The van der Waals surface area contributed by atoms with Gasteiger partial charge in [-0.2, -0.15) is 0 Å². The Morgan fingerprint density at radius 2 is 1.86 bits per heavy atom. The van der Waals surface area contributed by atoms with Crippen molar-refractivity contribution in [2.45, 2.75) is 32.7 Å². The first-order valence-corrected chi connectivity index (χ1v) is 7.40. The minimum absolute atomic E-state index is 0.0745. The molecule has 112 valence electrons. The Balaban J connectivity index is 1.80. The highest BCUT2D eigenvalue weighted by Crippen LogP contribution is 2.44. The van der Waals surface area contributed by atoms with Crippen molar-refractivity contribution < 1.29 is 14.0 Å². The molecule has 1 saturated heterocycles. The predicted octanol–water partition coefficient (Wildman–Crippen LogP) is 2.33. The topological polar surface area (TPSA) is 63.4 Å². The summed E-state index contributed by atoms with van der Waals surface area (Å²) in [5.41, 5.74) is 6.69. The number of anilines is 1. The molecule has 4 nitrogen and oxygen atoms in total. The highest BCUT2D eigenvalue weighted by molar-refractivity contribution is 6.05. The van der Waals surface area contributed by atoms with Crippen molar-refractivity contribution >= 4 is 17.5 Å². The van der Waals surface area contributed by atoms with E-state index < -0.39 is 5.82 Å². The first-order valence-electron chi connectivity index (χ1n) is 7.40. The van der Waals surface area contributed by atoms with Gasteiger partial charge >= 0.3 is 0 Å². The molecule has 21 heavy (non-hydrogen) atoms. The molecule has 5 heteroatoms. The van der Waals surface area contributed by atoms with Crippen LogP contribution in [0, 0.1) is 23.6 Å². The molecule has 1 heterocycles. The van der Waals surface area contributed by atoms with E-state index in [1.54, 1.807) is 0 Å². The molecule has 1 aromatic carbocycles.